The van der Waals surface area contributed by atoms with Crippen LogP contribution in [0, 0.1) is 13.8 Å². The molecule has 0 saturated carbocycles. The predicted octanol–water partition coefficient (Wildman–Crippen LogP) is 3.55. The standard InChI is InChI=1S/C19H26N2/c1-5-15-7-13(3)9-17(11-15)19(20,21)18-10-14(4)8-16(6-2)12-18/h7-12H,5-6,20-21H2,1-4H3. The minimum atomic E-state index is -0.953. The molecule has 2 aromatic rings. The summed E-state index contributed by atoms with van der Waals surface area (Å²) in [5.74, 6) is 0. The molecule has 0 aromatic heterocycles. The Morgan fingerprint density at radius 2 is 1.10 bits per heavy atom. The lowest BCUT2D eigenvalue weighted by Crippen LogP contribution is -2.47. The van der Waals surface area contributed by atoms with Crippen LogP contribution in [0.1, 0.15) is 47.2 Å². The first-order valence-corrected chi connectivity index (χ1v) is 7.66. The number of nitrogens with two attached hydrogens (primary N) is 2. The first-order chi connectivity index (χ1) is 9.86. The zero-order valence-electron chi connectivity index (χ0n) is 13.5. The summed E-state index contributed by atoms with van der Waals surface area (Å²) in [4.78, 5) is 0. The average molecular weight is 282 g/mol. The van der Waals surface area contributed by atoms with Crippen LogP contribution < -0.4 is 11.5 Å². The van der Waals surface area contributed by atoms with E-state index >= 15 is 0 Å². The number of aryl methyl sites for hydroxylation is 4. The van der Waals surface area contributed by atoms with E-state index in [-0.39, 0.29) is 0 Å². The van der Waals surface area contributed by atoms with Gasteiger partial charge in [0.15, 0.2) is 0 Å². The lowest BCUT2D eigenvalue weighted by Gasteiger charge is -2.28. The van der Waals surface area contributed by atoms with Gasteiger partial charge in [-0.15, -0.1) is 0 Å². The van der Waals surface area contributed by atoms with Gasteiger partial charge in [0.1, 0.15) is 5.66 Å². The fraction of sp³-hybridized carbons (Fsp3) is 0.368. The molecule has 2 heteroatoms. The molecule has 2 nitrogen and oxygen atoms in total. The summed E-state index contributed by atoms with van der Waals surface area (Å²) in [5, 5.41) is 0. The van der Waals surface area contributed by atoms with Gasteiger partial charge in [-0.2, -0.15) is 0 Å². The highest BCUT2D eigenvalue weighted by Crippen LogP contribution is 2.26. The third-order valence-electron chi connectivity index (χ3n) is 4.05. The van der Waals surface area contributed by atoms with E-state index in [1.165, 1.54) is 22.3 Å². The van der Waals surface area contributed by atoms with Gasteiger partial charge in [-0.3, -0.25) is 0 Å². The first-order valence-electron chi connectivity index (χ1n) is 7.66. The molecule has 0 aliphatic rings. The first kappa shape index (κ1) is 15.7. The molecule has 0 atom stereocenters. The predicted molar refractivity (Wildman–Crippen MR) is 90.3 cm³/mol. The number of hydrogen-bond donors (Lipinski definition) is 2. The van der Waals surface area contributed by atoms with Crippen molar-refractivity contribution in [2.24, 2.45) is 11.5 Å². The van der Waals surface area contributed by atoms with Crippen LogP contribution in [0.15, 0.2) is 36.4 Å². The smallest absolute Gasteiger partial charge is 0.116 e. The van der Waals surface area contributed by atoms with Gasteiger partial charge in [0, 0.05) is 0 Å². The number of hydrogen-bond acceptors (Lipinski definition) is 2. The third kappa shape index (κ3) is 3.34. The second kappa shape index (κ2) is 6.00. The van der Waals surface area contributed by atoms with Crippen LogP contribution >= 0.6 is 0 Å². The minimum absolute atomic E-state index is 0.953. The maximum atomic E-state index is 6.52. The zero-order valence-corrected chi connectivity index (χ0v) is 13.5. The van der Waals surface area contributed by atoms with Crippen molar-refractivity contribution in [1.29, 1.82) is 0 Å². The van der Waals surface area contributed by atoms with Gasteiger partial charge in [-0.25, -0.2) is 0 Å². The maximum absolute atomic E-state index is 6.52. The molecule has 0 unspecified atom stereocenters. The molecular formula is C19H26N2. The van der Waals surface area contributed by atoms with E-state index in [4.69, 9.17) is 11.5 Å². The van der Waals surface area contributed by atoms with Crippen molar-refractivity contribution in [2.75, 3.05) is 0 Å². The van der Waals surface area contributed by atoms with Crippen LogP contribution in [-0.4, -0.2) is 0 Å². The molecule has 0 fully saturated rings. The molecule has 0 saturated heterocycles. The summed E-state index contributed by atoms with van der Waals surface area (Å²) in [5.41, 5.74) is 19.0. The Bertz CT molecular complexity index is 587. The SMILES string of the molecule is CCc1cc(C)cc(C(N)(N)c2cc(C)cc(CC)c2)c1. The van der Waals surface area contributed by atoms with Crippen molar-refractivity contribution < 1.29 is 0 Å². The van der Waals surface area contributed by atoms with E-state index in [1.54, 1.807) is 0 Å². The normalized spacial score (nSPS) is 11.7. The highest BCUT2D eigenvalue weighted by molar-refractivity contribution is 5.43. The fourth-order valence-electron chi connectivity index (χ4n) is 2.78. The molecule has 0 aliphatic carbocycles. The molecule has 112 valence electrons. The van der Waals surface area contributed by atoms with Gasteiger partial charge < -0.3 is 11.5 Å². The van der Waals surface area contributed by atoms with Crippen LogP contribution in [-0.2, 0) is 18.5 Å². The van der Waals surface area contributed by atoms with E-state index in [9.17, 15) is 0 Å². The summed E-state index contributed by atoms with van der Waals surface area (Å²) in [6.07, 6.45) is 1.97. The highest BCUT2D eigenvalue weighted by Gasteiger charge is 2.25. The topological polar surface area (TPSA) is 52.0 Å². The van der Waals surface area contributed by atoms with Gasteiger partial charge in [0.05, 0.1) is 0 Å². The summed E-state index contributed by atoms with van der Waals surface area (Å²) in [6.45, 7) is 8.48. The largest absolute Gasteiger partial charge is 0.306 e. The molecule has 0 aliphatic heterocycles. The zero-order chi connectivity index (χ0) is 15.6. The molecule has 4 N–H and O–H groups in total. The second-order valence-electron chi connectivity index (χ2n) is 5.99. The highest BCUT2D eigenvalue weighted by atomic mass is 15.0. The van der Waals surface area contributed by atoms with E-state index in [0.717, 1.165) is 24.0 Å². The Balaban J connectivity index is 2.55. The van der Waals surface area contributed by atoms with Gasteiger partial charge in [0.2, 0.25) is 0 Å². The third-order valence-corrected chi connectivity index (χ3v) is 4.05. The van der Waals surface area contributed by atoms with Crippen molar-refractivity contribution in [2.45, 2.75) is 46.2 Å². The maximum Gasteiger partial charge on any atom is 0.116 e. The molecule has 0 radical (unpaired) electrons. The summed E-state index contributed by atoms with van der Waals surface area (Å²) >= 11 is 0. The Labute approximate surface area is 128 Å². The summed E-state index contributed by atoms with van der Waals surface area (Å²) in [7, 11) is 0. The fourth-order valence-corrected chi connectivity index (χ4v) is 2.78. The second-order valence-corrected chi connectivity index (χ2v) is 5.99. The molecule has 0 bridgehead atoms. The summed E-state index contributed by atoms with van der Waals surface area (Å²) < 4.78 is 0. The van der Waals surface area contributed by atoms with Crippen molar-refractivity contribution in [3.05, 3.63) is 69.8 Å². The van der Waals surface area contributed by atoms with Gasteiger partial charge in [-0.1, -0.05) is 61.4 Å². The molecule has 2 rings (SSSR count). The van der Waals surface area contributed by atoms with Crippen molar-refractivity contribution in [3.63, 3.8) is 0 Å². The van der Waals surface area contributed by atoms with E-state index in [0.29, 0.717) is 0 Å². The van der Waals surface area contributed by atoms with Gasteiger partial charge in [-0.05, 0) is 48.9 Å². The Morgan fingerprint density at radius 3 is 1.43 bits per heavy atom. The Morgan fingerprint density at radius 1 is 0.714 bits per heavy atom. The van der Waals surface area contributed by atoms with Crippen LogP contribution in [0.2, 0.25) is 0 Å². The van der Waals surface area contributed by atoms with E-state index in [1.807, 2.05) is 0 Å². The van der Waals surface area contributed by atoms with Crippen molar-refractivity contribution in [1.82, 2.24) is 0 Å². The Kier molecular flexibility index (Phi) is 4.50. The number of rotatable bonds is 4. The van der Waals surface area contributed by atoms with Crippen molar-refractivity contribution >= 4 is 0 Å². The van der Waals surface area contributed by atoms with Crippen LogP contribution in [0.5, 0.6) is 0 Å². The lowest BCUT2D eigenvalue weighted by atomic mass is 9.88. The minimum Gasteiger partial charge on any atom is -0.306 e. The molecule has 2 aromatic carbocycles. The molecule has 21 heavy (non-hydrogen) atoms. The monoisotopic (exact) mass is 282 g/mol. The Hall–Kier alpha value is -1.64. The van der Waals surface area contributed by atoms with E-state index < -0.39 is 5.66 Å². The van der Waals surface area contributed by atoms with Crippen molar-refractivity contribution in [3.8, 4) is 0 Å². The van der Waals surface area contributed by atoms with Crippen LogP contribution in [0.25, 0.3) is 0 Å². The van der Waals surface area contributed by atoms with Crippen LogP contribution in [0.3, 0.4) is 0 Å². The molecule has 0 spiro atoms. The summed E-state index contributed by atoms with van der Waals surface area (Å²) in [6, 6.07) is 12.8. The molecule has 0 heterocycles. The molecule has 0 amide bonds. The van der Waals surface area contributed by atoms with Gasteiger partial charge in [0.25, 0.3) is 0 Å². The van der Waals surface area contributed by atoms with Gasteiger partial charge >= 0.3 is 0 Å². The average Bonchev–Trinajstić information content (AvgIpc) is 2.45. The molecular weight excluding hydrogens is 256 g/mol. The van der Waals surface area contributed by atoms with Crippen LogP contribution in [0.4, 0.5) is 0 Å². The number of benzene rings is 2. The quantitative estimate of drug-likeness (QED) is 0.843. The lowest BCUT2D eigenvalue weighted by molar-refractivity contribution is 0.565. The van der Waals surface area contributed by atoms with E-state index in [2.05, 4.69) is 64.1 Å².